The summed E-state index contributed by atoms with van der Waals surface area (Å²) < 4.78 is 0. The van der Waals surface area contributed by atoms with E-state index in [1.807, 2.05) is 23.1 Å². The third-order valence-electron chi connectivity index (χ3n) is 4.68. The monoisotopic (exact) mass is 331 g/mol. The van der Waals surface area contributed by atoms with Crippen molar-refractivity contribution >= 4 is 11.8 Å². The SMILES string of the molecule is CCN1CCN(C(=O)CN(CCCc2ccccc2)C(C)=O)CC1. The van der Waals surface area contributed by atoms with Gasteiger partial charge >= 0.3 is 0 Å². The molecule has 5 heteroatoms. The van der Waals surface area contributed by atoms with E-state index in [0.717, 1.165) is 45.6 Å². The van der Waals surface area contributed by atoms with E-state index in [1.165, 1.54) is 5.56 Å². The van der Waals surface area contributed by atoms with Crippen molar-refractivity contribution in [1.82, 2.24) is 14.7 Å². The van der Waals surface area contributed by atoms with Crippen LogP contribution >= 0.6 is 0 Å². The number of benzene rings is 1. The van der Waals surface area contributed by atoms with Crippen LogP contribution < -0.4 is 0 Å². The Hall–Kier alpha value is -1.88. The molecule has 1 fully saturated rings. The van der Waals surface area contributed by atoms with Gasteiger partial charge in [0.2, 0.25) is 11.8 Å². The maximum absolute atomic E-state index is 12.5. The summed E-state index contributed by atoms with van der Waals surface area (Å²) in [4.78, 5) is 30.2. The third kappa shape index (κ3) is 5.64. The Morgan fingerprint density at radius 2 is 1.75 bits per heavy atom. The highest BCUT2D eigenvalue weighted by atomic mass is 16.2. The van der Waals surface area contributed by atoms with Crippen LogP contribution in [0.5, 0.6) is 0 Å². The van der Waals surface area contributed by atoms with Crippen LogP contribution in [0.3, 0.4) is 0 Å². The van der Waals surface area contributed by atoms with Crippen molar-refractivity contribution < 1.29 is 9.59 Å². The summed E-state index contributed by atoms with van der Waals surface area (Å²) in [6.45, 7) is 8.94. The van der Waals surface area contributed by atoms with Gasteiger partial charge in [-0.3, -0.25) is 9.59 Å². The van der Waals surface area contributed by atoms with E-state index in [-0.39, 0.29) is 18.4 Å². The van der Waals surface area contributed by atoms with Crippen molar-refractivity contribution in [2.45, 2.75) is 26.7 Å². The van der Waals surface area contributed by atoms with Crippen molar-refractivity contribution in [3.05, 3.63) is 35.9 Å². The number of carbonyl (C=O) groups is 2. The zero-order valence-electron chi connectivity index (χ0n) is 14.9. The number of rotatable bonds is 7. The lowest BCUT2D eigenvalue weighted by Crippen LogP contribution is -2.51. The van der Waals surface area contributed by atoms with Crippen LogP contribution in [0.2, 0.25) is 0 Å². The Bertz CT molecular complexity index is 525. The zero-order valence-corrected chi connectivity index (χ0v) is 14.9. The summed E-state index contributed by atoms with van der Waals surface area (Å²) in [6, 6.07) is 10.2. The molecule has 1 heterocycles. The molecule has 0 aromatic heterocycles. The standard InChI is InChI=1S/C19H29N3O2/c1-3-20-12-14-21(15-13-20)19(24)16-22(17(2)23)11-7-10-18-8-5-4-6-9-18/h4-6,8-9H,3,7,10-16H2,1-2H3. The highest BCUT2D eigenvalue weighted by Crippen LogP contribution is 2.06. The van der Waals surface area contributed by atoms with E-state index in [1.54, 1.807) is 11.8 Å². The fraction of sp³-hybridized carbons (Fsp3) is 0.579. The lowest BCUT2D eigenvalue weighted by Gasteiger charge is -2.35. The number of amides is 2. The van der Waals surface area contributed by atoms with Crippen molar-refractivity contribution in [1.29, 1.82) is 0 Å². The van der Waals surface area contributed by atoms with Gasteiger partial charge in [0.1, 0.15) is 0 Å². The Labute approximate surface area is 145 Å². The van der Waals surface area contributed by atoms with Crippen molar-refractivity contribution in [3.8, 4) is 0 Å². The minimum absolute atomic E-state index is 0.0244. The predicted molar refractivity (Wildman–Crippen MR) is 95.7 cm³/mol. The molecule has 0 unspecified atom stereocenters. The molecule has 0 saturated carbocycles. The lowest BCUT2D eigenvalue weighted by molar-refractivity contribution is -0.140. The van der Waals surface area contributed by atoms with Crippen LogP contribution in [0, 0.1) is 0 Å². The summed E-state index contributed by atoms with van der Waals surface area (Å²) in [5.74, 6) is 0.0456. The van der Waals surface area contributed by atoms with Crippen molar-refractivity contribution in [2.24, 2.45) is 0 Å². The largest absolute Gasteiger partial charge is 0.339 e. The Morgan fingerprint density at radius 3 is 2.33 bits per heavy atom. The fourth-order valence-electron chi connectivity index (χ4n) is 3.04. The van der Waals surface area contributed by atoms with E-state index in [9.17, 15) is 9.59 Å². The maximum Gasteiger partial charge on any atom is 0.242 e. The topological polar surface area (TPSA) is 43.9 Å². The molecule has 1 aliphatic rings. The second-order valence-corrected chi connectivity index (χ2v) is 6.34. The van der Waals surface area contributed by atoms with Gasteiger partial charge in [-0.15, -0.1) is 0 Å². The van der Waals surface area contributed by atoms with Crippen LogP contribution in [-0.4, -0.2) is 72.3 Å². The number of hydrogen-bond donors (Lipinski definition) is 0. The first-order chi connectivity index (χ1) is 11.6. The Kier molecular flexibility index (Phi) is 7.25. The molecule has 1 aromatic rings. The van der Waals surface area contributed by atoms with Crippen LogP contribution in [-0.2, 0) is 16.0 Å². The van der Waals surface area contributed by atoms with Crippen molar-refractivity contribution in [3.63, 3.8) is 0 Å². The van der Waals surface area contributed by atoms with Crippen LogP contribution in [0.1, 0.15) is 25.8 Å². The molecular weight excluding hydrogens is 302 g/mol. The molecule has 24 heavy (non-hydrogen) atoms. The summed E-state index contributed by atoms with van der Waals surface area (Å²) in [7, 11) is 0. The quantitative estimate of drug-likeness (QED) is 0.763. The number of likely N-dealkylation sites (N-methyl/N-ethyl adjacent to an activating group) is 1. The minimum atomic E-state index is -0.0244. The lowest BCUT2D eigenvalue weighted by atomic mass is 10.1. The van der Waals surface area contributed by atoms with E-state index >= 15 is 0 Å². The number of piperazine rings is 1. The minimum Gasteiger partial charge on any atom is -0.339 e. The second-order valence-electron chi connectivity index (χ2n) is 6.34. The molecule has 0 atom stereocenters. The van der Waals surface area contributed by atoms with E-state index < -0.39 is 0 Å². The van der Waals surface area contributed by atoms with E-state index in [0.29, 0.717) is 6.54 Å². The molecular formula is C19H29N3O2. The van der Waals surface area contributed by atoms with Gasteiger partial charge in [0.15, 0.2) is 0 Å². The summed E-state index contributed by atoms with van der Waals surface area (Å²) >= 11 is 0. The molecule has 132 valence electrons. The van der Waals surface area contributed by atoms with Gasteiger partial charge in [0, 0.05) is 39.6 Å². The molecule has 2 amide bonds. The molecule has 2 rings (SSSR count). The number of carbonyl (C=O) groups excluding carboxylic acids is 2. The first kappa shape index (κ1) is 18.5. The fourth-order valence-corrected chi connectivity index (χ4v) is 3.04. The summed E-state index contributed by atoms with van der Waals surface area (Å²) in [5.41, 5.74) is 1.27. The molecule has 0 N–H and O–H groups in total. The van der Waals surface area contributed by atoms with Gasteiger partial charge in [-0.05, 0) is 24.9 Å². The van der Waals surface area contributed by atoms with Crippen LogP contribution in [0.25, 0.3) is 0 Å². The highest BCUT2D eigenvalue weighted by molar-refractivity contribution is 5.83. The molecule has 0 spiro atoms. The summed E-state index contributed by atoms with van der Waals surface area (Å²) in [5, 5.41) is 0. The van der Waals surface area contributed by atoms with Gasteiger partial charge in [0.25, 0.3) is 0 Å². The summed E-state index contributed by atoms with van der Waals surface area (Å²) in [6.07, 6.45) is 1.80. The number of nitrogens with zero attached hydrogens (tertiary/aromatic N) is 3. The zero-order chi connectivity index (χ0) is 17.4. The molecule has 0 bridgehead atoms. The highest BCUT2D eigenvalue weighted by Gasteiger charge is 2.22. The maximum atomic E-state index is 12.5. The molecule has 5 nitrogen and oxygen atoms in total. The van der Waals surface area contributed by atoms with Gasteiger partial charge in [-0.1, -0.05) is 37.3 Å². The van der Waals surface area contributed by atoms with E-state index in [4.69, 9.17) is 0 Å². The van der Waals surface area contributed by atoms with Gasteiger partial charge in [0.05, 0.1) is 6.54 Å². The molecule has 0 aliphatic carbocycles. The Balaban J connectivity index is 1.78. The van der Waals surface area contributed by atoms with Crippen LogP contribution in [0.15, 0.2) is 30.3 Å². The third-order valence-corrected chi connectivity index (χ3v) is 4.68. The first-order valence-corrected chi connectivity index (χ1v) is 8.89. The van der Waals surface area contributed by atoms with E-state index in [2.05, 4.69) is 24.0 Å². The molecule has 0 radical (unpaired) electrons. The normalized spacial score (nSPS) is 15.3. The number of aryl methyl sites for hydroxylation is 1. The smallest absolute Gasteiger partial charge is 0.242 e. The van der Waals surface area contributed by atoms with Gasteiger partial charge in [-0.2, -0.15) is 0 Å². The molecule has 1 aliphatic heterocycles. The molecule has 1 saturated heterocycles. The van der Waals surface area contributed by atoms with Gasteiger partial charge in [-0.25, -0.2) is 0 Å². The van der Waals surface area contributed by atoms with Crippen LogP contribution in [0.4, 0.5) is 0 Å². The predicted octanol–water partition coefficient (Wildman–Crippen LogP) is 1.63. The van der Waals surface area contributed by atoms with Crippen molar-refractivity contribution in [2.75, 3.05) is 45.8 Å². The average Bonchev–Trinajstić information content (AvgIpc) is 2.61. The van der Waals surface area contributed by atoms with Gasteiger partial charge < -0.3 is 14.7 Å². The first-order valence-electron chi connectivity index (χ1n) is 8.89. The number of hydrogen-bond acceptors (Lipinski definition) is 3. The second kappa shape index (κ2) is 9.42. The molecule has 1 aromatic carbocycles. The Morgan fingerprint density at radius 1 is 1.08 bits per heavy atom. The average molecular weight is 331 g/mol.